The van der Waals surface area contributed by atoms with Gasteiger partial charge in [0.1, 0.15) is 11.6 Å². The van der Waals surface area contributed by atoms with E-state index in [1.807, 2.05) is 0 Å². The standard InChI is InChI=1S/C24H34F2/c1-3-4-5-6-18-7-9-19(10-8-18)20-11-13-21(14-12-20)22-15-23(25)17(2)24(26)16-22/h3-4,15-16,18-21H,5-14H2,1-2H3/b4-3+. The quantitative estimate of drug-likeness (QED) is 0.472. The summed E-state index contributed by atoms with van der Waals surface area (Å²) in [4.78, 5) is 0. The Kier molecular flexibility index (Phi) is 6.89. The highest BCUT2D eigenvalue weighted by Gasteiger charge is 2.31. The lowest BCUT2D eigenvalue weighted by Gasteiger charge is -2.38. The average Bonchev–Trinajstić information content (AvgIpc) is 2.67. The van der Waals surface area contributed by atoms with Gasteiger partial charge in [-0.05, 0) is 107 Å². The number of rotatable bonds is 5. The summed E-state index contributed by atoms with van der Waals surface area (Å²) in [5.74, 6) is 2.21. The van der Waals surface area contributed by atoms with E-state index in [1.54, 1.807) is 12.1 Å². The second-order valence-electron chi connectivity index (χ2n) is 8.65. The first-order valence-electron chi connectivity index (χ1n) is 10.6. The van der Waals surface area contributed by atoms with Gasteiger partial charge >= 0.3 is 0 Å². The molecular weight excluding hydrogens is 326 g/mol. The SMILES string of the molecule is C/C=C/CCC1CCC(C2CCC(c3cc(F)c(C)c(F)c3)CC2)CC1. The molecule has 26 heavy (non-hydrogen) atoms. The van der Waals surface area contributed by atoms with E-state index in [9.17, 15) is 8.78 Å². The molecule has 144 valence electrons. The van der Waals surface area contributed by atoms with Crippen LogP contribution in [0.5, 0.6) is 0 Å². The van der Waals surface area contributed by atoms with Crippen LogP contribution < -0.4 is 0 Å². The van der Waals surface area contributed by atoms with Crippen molar-refractivity contribution in [3.8, 4) is 0 Å². The Morgan fingerprint density at radius 2 is 1.42 bits per heavy atom. The van der Waals surface area contributed by atoms with Gasteiger partial charge in [0, 0.05) is 5.56 Å². The Labute approximate surface area is 158 Å². The molecule has 2 saturated carbocycles. The Balaban J connectivity index is 1.47. The minimum atomic E-state index is -0.390. The molecule has 0 radical (unpaired) electrons. The first-order chi connectivity index (χ1) is 12.6. The summed E-state index contributed by atoms with van der Waals surface area (Å²) in [7, 11) is 0. The molecule has 3 rings (SSSR count). The lowest BCUT2D eigenvalue weighted by Crippen LogP contribution is -2.25. The molecule has 0 amide bonds. The summed E-state index contributed by atoms with van der Waals surface area (Å²) >= 11 is 0. The van der Waals surface area contributed by atoms with Gasteiger partial charge in [0.05, 0.1) is 0 Å². The number of halogens is 2. The van der Waals surface area contributed by atoms with Crippen molar-refractivity contribution in [3.05, 3.63) is 47.0 Å². The first-order valence-corrected chi connectivity index (χ1v) is 10.6. The van der Waals surface area contributed by atoms with Crippen LogP contribution in [0.3, 0.4) is 0 Å². The third kappa shape index (κ3) is 4.75. The molecule has 2 aliphatic carbocycles. The van der Waals surface area contributed by atoms with E-state index in [0.29, 0.717) is 5.92 Å². The van der Waals surface area contributed by atoms with Crippen LogP contribution in [0, 0.1) is 36.3 Å². The average molecular weight is 361 g/mol. The highest BCUT2D eigenvalue weighted by atomic mass is 19.1. The molecule has 2 aliphatic rings. The molecule has 0 N–H and O–H groups in total. The molecule has 0 aromatic heterocycles. The largest absolute Gasteiger partial charge is 0.207 e. The van der Waals surface area contributed by atoms with Crippen LogP contribution in [0.1, 0.15) is 88.2 Å². The van der Waals surface area contributed by atoms with Crippen molar-refractivity contribution in [2.45, 2.75) is 84.0 Å². The molecule has 0 aliphatic heterocycles. The third-order valence-electron chi connectivity index (χ3n) is 7.08. The lowest BCUT2D eigenvalue weighted by molar-refractivity contribution is 0.157. The third-order valence-corrected chi connectivity index (χ3v) is 7.08. The first kappa shape index (κ1) is 19.6. The van der Waals surface area contributed by atoms with Crippen molar-refractivity contribution in [1.82, 2.24) is 0 Å². The van der Waals surface area contributed by atoms with Gasteiger partial charge in [-0.2, -0.15) is 0 Å². The van der Waals surface area contributed by atoms with Crippen LogP contribution in [-0.4, -0.2) is 0 Å². The maximum absolute atomic E-state index is 13.9. The van der Waals surface area contributed by atoms with E-state index >= 15 is 0 Å². The Bertz CT molecular complexity index is 580. The van der Waals surface area contributed by atoms with E-state index in [1.165, 1.54) is 58.3 Å². The molecule has 0 atom stereocenters. The van der Waals surface area contributed by atoms with E-state index in [4.69, 9.17) is 0 Å². The summed E-state index contributed by atoms with van der Waals surface area (Å²) in [6.07, 6.45) is 17.3. The van der Waals surface area contributed by atoms with Crippen molar-refractivity contribution < 1.29 is 8.78 Å². The van der Waals surface area contributed by atoms with Gasteiger partial charge in [-0.15, -0.1) is 0 Å². The van der Waals surface area contributed by atoms with Gasteiger partial charge in [0.2, 0.25) is 0 Å². The Morgan fingerprint density at radius 3 is 1.96 bits per heavy atom. The van der Waals surface area contributed by atoms with Gasteiger partial charge in [-0.1, -0.05) is 25.0 Å². The highest BCUT2D eigenvalue weighted by molar-refractivity contribution is 5.28. The molecule has 0 heterocycles. The zero-order valence-corrected chi connectivity index (χ0v) is 16.4. The fourth-order valence-corrected chi connectivity index (χ4v) is 5.27. The van der Waals surface area contributed by atoms with Gasteiger partial charge in [0.25, 0.3) is 0 Å². The van der Waals surface area contributed by atoms with Crippen LogP contribution >= 0.6 is 0 Å². The molecule has 2 heteroatoms. The zero-order chi connectivity index (χ0) is 18.5. The minimum absolute atomic E-state index is 0.147. The maximum Gasteiger partial charge on any atom is 0.129 e. The van der Waals surface area contributed by atoms with Crippen molar-refractivity contribution in [2.75, 3.05) is 0 Å². The van der Waals surface area contributed by atoms with Crippen LogP contribution in [0.15, 0.2) is 24.3 Å². The lowest BCUT2D eigenvalue weighted by atomic mass is 9.68. The Hall–Kier alpha value is -1.18. The van der Waals surface area contributed by atoms with Gasteiger partial charge in [0.15, 0.2) is 0 Å². The second kappa shape index (κ2) is 9.15. The van der Waals surface area contributed by atoms with Gasteiger partial charge < -0.3 is 0 Å². The van der Waals surface area contributed by atoms with Crippen molar-refractivity contribution in [2.24, 2.45) is 17.8 Å². The topological polar surface area (TPSA) is 0 Å². The summed E-state index contributed by atoms with van der Waals surface area (Å²) in [5.41, 5.74) is 1.02. The van der Waals surface area contributed by atoms with Crippen LogP contribution in [0.2, 0.25) is 0 Å². The van der Waals surface area contributed by atoms with Crippen molar-refractivity contribution in [1.29, 1.82) is 0 Å². The highest BCUT2D eigenvalue weighted by Crippen LogP contribution is 2.44. The summed E-state index contributed by atoms with van der Waals surface area (Å²) in [6, 6.07) is 3.14. The molecule has 0 nitrogen and oxygen atoms in total. The second-order valence-corrected chi connectivity index (χ2v) is 8.65. The predicted molar refractivity (Wildman–Crippen MR) is 105 cm³/mol. The molecule has 0 bridgehead atoms. The number of hydrogen-bond acceptors (Lipinski definition) is 0. The monoisotopic (exact) mass is 360 g/mol. The number of allylic oxidation sites excluding steroid dienone is 2. The van der Waals surface area contributed by atoms with E-state index in [2.05, 4.69) is 19.1 Å². The van der Waals surface area contributed by atoms with E-state index < -0.39 is 11.6 Å². The van der Waals surface area contributed by atoms with Gasteiger partial charge in [-0.3, -0.25) is 0 Å². The molecule has 2 fully saturated rings. The fourth-order valence-electron chi connectivity index (χ4n) is 5.27. The molecule has 0 saturated heterocycles. The normalized spacial score (nSPS) is 30.0. The van der Waals surface area contributed by atoms with Crippen LogP contribution in [0.25, 0.3) is 0 Å². The fraction of sp³-hybridized carbons (Fsp3) is 0.667. The van der Waals surface area contributed by atoms with Crippen LogP contribution in [-0.2, 0) is 0 Å². The smallest absolute Gasteiger partial charge is 0.129 e. The molecular formula is C24H34F2. The van der Waals surface area contributed by atoms with E-state index in [0.717, 1.165) is 36.2 Å². The summed E-state index contributed by atoms with van der Waals surface area (Å²) in [6.45, 7) is 3.62. The predicted octanol–water partition coefficient (Wildman–Crippen LogP) is 7.71. The summed E-state index contributed by atoms with van der Waals surface area (Å²) in [5, 5.41) is 0. The molecule has 0 spiro atoms. The van der Waals surface area contributed by atoms with Gasteiger partial charge in [-0.25, -0.2) is 8.78 Å². The van der Waals surface area contributed by atoms with Crippen molar-refractivity contribution >= 4 is 0 Å². The maximum atomic E-state index is 13.9. The van der Waals surface area contributed by atoms with Crippen LogP contribution in [0.4, 0.5) is 8.78 Å². The van der Waals surface area contributed by atoms with E-state index in [-0.39, 0.29) is 5.56 Å². The molecule has 0 unspecified atom stereocenters. The Morgan fingerprint density at radius 1 is 0.885 bits per heavy atom. The number of benzene rings is 1. The molecule has 1 aromatic carbocycles. The number of hydrogen-bond donors (Lipinski definition) is 0. The zero-order valence-electron chi connectivity index (χ0n) is 16.4. The van der Waals surface area contributed by atoms with Crippen molar-refractivity contribution in [3.63, 3.8) is 0 Å². The molecule has 1 aromatic rings. The minimum Gasteiger partial charge on any atom is -0.207 e. The summed E-state index contributed by atoms with van der Waals surface area (Å²) < 4.78 is 27.7.